The molecule has 2 aromatic rings. The Hall–Kier alpha value is -4.30. The number of nitriles is 2. The Morgan fingerprint density at radius 1 is 0.633 bits per heavy atom. The molecule has 2 heterocycles. The highest BCUT2D eigenvalue weighted by molar-refractivity contribution is 6.52. The minimum atomic E-state index is -0.536. The second-order valence-corrected chi connectivity index (χ2v) is 6.42. The topological polar surface area (TPSA) is 122 Å². The highest BCUT2D eigenvalue weighted by atomic mass is 16.2. The third-order valence-electron chi connectivity index (χ3n) is 4.65. The van der Waals surface area contributed by atoms with Gasteiger partial charge in [0, 0.05) is 13.1 Å². The van der Waals surface area contributed by atoms with Crippen molar-refractivity contribution in [3.05, 3.63) is 59.7 Å². The molecule has 0 aliphatic carbocycles. The van der Waals surface area contributed by atoms with Crippen LogP contribution in [0.2, 0.25) is 0 Å². The summed E-state index contributed by atoms with van der Waals surface area (Å²) in [6.45, 7) is 0.552. The number of benzene rings is 2. The molecule has 2 aromatic carbocycles. The van der Waals surface area contributed by atoms with E-state index >= 15 is 0 Å². The van der Waals surface area contributed by atoms with Gasteiger partial charge in [-0.05, 0) is 24.3 Å². The van der Waals surface area contributed by atoms with E-state index in [0.29, 0.717) is 22.5 Å². The molecule has 8 nitrogen and oxygen atoms in total. The zero-order valence-corrected chi connectivity index (χ0v) is 15.9. The van der Waals surface area contributed by atoms with Crippen molar-refractivity contribution in [3.63, 3.8) is 0 Å². The van der Waals surface area contributed by atoms with E-state index in [1.165, 1.54) is 9.80 Å². The van der Waals surface area contributed by atoms with Gasteiger partial charge in [0.25, 0.3) is 23.4 Å². The second-order valence-electron chi connectivity index (χ2n) is 6.42. The van der Waals surface area contributed by atoms with Gasteiger partial charge >= 0.3 is 0 Å². The molecule has 8 heteroatoms. The van der Waals surface area contributed by atoms with Gasteiger partial charge in [0.1, 0.15) is 0 Å². The van der Waals surface area contributed by atoms with Crippen LogP contribution in [0.15, 0.2) is 48.5 Å². The van der Waals surface area contributed by atoms with E-state index in [-0.39, 0.29) is 25.9 Å². The summed E-state index contributed by atoms with van der Waals surface area (Å²) in [7, 11) is 0. The van der Waals surface area contributed by atoms with Crippen LogP contribution in [0.5, 0.6) is 0 Å². The van der Waals surface area contributed by atoms with Crippen molar-refractivity contribution in [2.24, 2.45) is 0 Å². The molecule has 30 heavy (non-hydrogen) atoms. The molecule has 0 aromatic heterocycles. The van der Waals surface area contributed by atoms with Crippen molar-refractivity contribution in [2.75, 3.05) is 22.9 Å². The number of amides is 2. The molecule has 0 atom stereocenters. The Kier molecular flexibility index (Phi) is 6.00. The van der Waals surface area contributed by atoms with E-state index in [2.05, 4.69) is 0 Å². The maximum Gasteiger partial charge on any atom is 0.299 e. The fraction of sp³-hybridized carbons (Fsp3) is 0.182. The first-order chi connectivity index (χ1) is 14.5. The molecule has 2 aliphatic heterocycles. The third kappa shape index (κ3) is 3.67. The number of carbonyl (C=O) groups is 4. The molecule has 0 fully saturated rings. The standard InChI is InChI=1S/2C11H8N2O2/c2*12-6-3-7-13-9-5-2-1-4-8(9)10(14)11(13)15/h2*1-2,4-5H,3,7H2. The van der Waals surface area contributed by atoms with E-state index in [1.807, 2.05) is 12.1 Å². The number of Topliss-reactive ketones (excluding diaryl/α,β-unsaturated/α-hetero) is 2. The fourth-order valence-electron chi connectivity index (χ4n) is 3.26. The highest BCUT2D eigenvalue weighted by Crippen LogP contribution is 2.29. The van der Waals surface area contributed by atoms with Crippen LogP contribution < -0.4 is 9.80 Å². The van der Waals surface area contributed by atoms with Crippen LogP contribution in [0.1, 0.15) is 33.6 Å². The predicted octanol–water partition coefficient (Wildman–Crippen LogP) is 2.26. The molecule has 2 amide bonds. The van der Waals surface area contributed by atoms with Crippen molar-refractivity contribution in [2.45, 2.75) is 12.8 Å². The van der Waals surface area contributed by atoms with Crippen LogP contribution in [-0.2, 0) is 9.59 Å². The molecule has 0 bridgehead atoms. The number of para-hydroxylation sites is 2. The number of nitrogens with zero attached hydrogens (tertiary/aromatic N) is 4. The molecular weight excluding hydrogens is 384 g/mol. The lowest BCUT2D eigenvalue weighted by Gasteiger charge is -2.13. The first-order valence-electron chi connectivity index (χ1n) is 9.15. The number of rotatable bonds is 4. The summed E-state index contributed by atoms with van der Waals surface area (Å²) in [4.78, 5) is 48.8. The minimum Gasteiger partial charge on any atom is -0.304 e. The van der Waals surface area contributed by atoms with Crippen LogP contribution in [0, 0.1) is 22.7 Å². The van der Waals surface area contributed by atoms with Gasteiger partial charge in [0.05, 0.1) is 47.5 Å². The Morgan fingerprint density at radius 2 is 1.00 bits per heavy atom. The average molecular weight is 400 g/mol. The molecule has 4 rings (SSSR count). The van der Waals surface area contributed by atoms with E-state index in [4.69, 9.17) is 10.5 Å². The SMILES string of the molecule is N#CCCN1C(=O)C(=O)c2ccccc21.N#CCCN1C(=O)C(=O)c2ccccc21. The lowest BCUT2D eigenvalue weighted by atomic mass is 10.1. The van der Waals surface area contributed by atoms with Crippen molar-refractivity contribution in [1.29, 1.82) is 10.5 Å². The van der Waals surface area contributed by atoms with Gasteiger partial charge in [-0.25, -0.2) is 0 Å². The van der Waals surface area contributed by atoms with Gasteiger partial charge in [-0.2, -0.15) is 10.5 Å². The summed E-state index contributed by atoms with van der Waals surface area (Å²) in [6, 6.07) is 17.6. The van der Waals surface area contributed by atoms with E-state index in [0.717, 1.165) is 0 Å². The molecule has 0 unspecified atom stereocenters. The number of ketones is 2. The zero-order chi connectivity index (χ0) is 21.7. The number of carbonyl (C=O) groups excluding carboxylic acids is 4. The Balaban J connectivity index is 0.000000171. The molecule has 0 saturated carbocycles. The van der Waals surface area contributed by atoms with Gasteiger partial charge in [-0.1, -0.05) is 24.3 Å². The minimum absolute atomic E-state index is 0.230. The summed E-state index contributed by atoms with van der Waals surface area (Å²) in [5, 5.41) is 16.9. The number of hydrogen-bond donors (Lipinski definition) is 0. The lowest BCUT2D eigenvalue weighted by Crippen LogP contribution is -2.30. The van der Waals surface area contributed by atoms with Gasteiger partial charge in [0.15, 0.2) is 0 Å². The molecular formula is C22H16N4O4. The summed E-state index contributed by atoms with van der Waals surface area (Å²) in [5.74, 6) is -2.04. The van der Waals surface area contributed by atoms with Gasteiger partial charge in [-0.3, -0.25) is 19.2 Å². The molecule has 0 radical (unpaired) electrons. The first kappa shape index (κ1) is 20.4. The second kappa shape index (κ2) is 8.80. The maximum atomic E-state index is 11.5. The van der Waals surface area contributed by atoms with Crippen molar-refractivity contribution in [3.8, 4) is 12.1 Å². The van der Waals surface area contributed by atoms with E-state index in [9.17, 15) is 19.2 Å². The molecule has 2 aliphatic rings. The summed E-state index contributed by atoms with van der Waals surface area (Å²) in [5.41, 5.74) is 2.09. The van der Waals surface area contributed by atoms with E-state index in [1.54, 1.807) is 48.5 Å². The molecule has 0 N–H and O–H groups in total. The fourth-order valence-corrected chi connectivity index (χ4v) is 3.26. The van der Waals surface area contributed by atoms with Crippen molar-refractivity contribution in [1.82, 2.24) is 0 Å². The van der Waals surface area contributed by atoms with Crippen LogP contribution in [-0.4, -0.2) is 36.5 Å². The summed E-state index contributed by atoms with van der Waals surface area (Å²) >= 11 is 0. The lowest BCUT2D eigenvalue weighted by molar-refractivity contribution is -0.114. The van der Waals surface area contributed by atoms with Crippen molar-refractivity contribution >= 4 is 34.8 Å². The first-order valence-corrected chi connectivity index (χ1v) is 9.15. The molecule has 0 spiro atoms. The van der Waals surface area contributed by atoms with Crippen LogP contribution in [0.25, 0.3) is 0 Å². The maximum absolute atomic E-state index is 11.5. The monoisotopic (exact) mass is 400 g/mol. The normalized spacial score (nSPS) is 13.9. The molecule has 0 saturated heterocycles. The van der Waals surface area contributed by atoms with Gasteiger partial charge < -0.3 is 9.80 Å². The number of anilines is 2. The highest BCUT2D eigenvalue weighted by Gasteiger charge is 2.35. The van der Waals surface area contributed by atoms with Crippen LogP contribution >= 0.6 is 0 Å². The summed E-state index contributed by atoms with van der Waals surface area (Å²) in [6.07, 6.45) is 0.459. The number of hydrogen-bond acceptors (Lipinski definition) is 6. The Bertz CT molecular complexity index is 1040. The molecule has 148 valence electrons. The average Bonchev–Trinajstić information content (AvgIpc) is 3.16. The van der Waals surface area contributed by atoms with Crippen molar-refractivity contribution < 1.29 is 19.2 Å². The quantitative estimate of drug-likeness (QED) is 0.726. The largest absolute Gasteiger partial charge is 0.304 e. The Morgan fingerprint density at radius 3 is 1.37 bits per heavy atom. The van der Waals surface area contributed by atoms with Gasteiger partial charge in [-0.15, -0.1) is 0 Å². The third-order valence-corrected chi connectivity index (χ3v) is 4.65. The Labute approximate surface area is 172 Å². The zero-order valence-electron chi connectivity index (χ0n) is 15.9. The smallest absolute Gasteiger partial charge is 0.299 e. The van der Waals surface area contributed by atoms with Crippen LogP contribution in [0.3, 0.4) is 0 Å². The number of fused-ring (bicyclic) bond motifs is 2. The van der Waals surface area contributed by atoms with Crippen LogP contribution in [0.4, 0.5) is 11.4 Å². The van der Waals surface area contributed by atoms with E-state index < -0.39 is 23.4 Å². The summed E-state index contributed by atoms with van der Waals surface area (Å²) < 4.78 is 0. The van der Waals surface area contributed by atoms with Gasteiger partial charge in [0.2, 0.25) is 0 Å². The predicted molar refractivity (Wildman–Crippen MR) is 107 cm³/mol.